The molecule has 0 aromatic rings. The molecular formula is C34H52O7. The third-order valence-electron chi connectivity index (χ3n) is 10.8. The van der Waals surface area contributed by atoms with Crippen LogP contribution in [0.1, 0.15) is 86.0 Å². The van der Waals surface area contributed by atoms with E-state index >= 15 is 0 Å². The highest BCUT2D eigenvalue weighted by atomic mass is 16.7. The van der Waals surface area contributed by atoms with Gasteiger partial charge in [0, 0.05) is 0 Å². The maximum Gasteiger partial charge on any atom is 0.335 e. The summed E-state index contributed by atoms with van der Waals surface area (Å²) in [4.78, 5) is 11.5. The van der Waals surface area contributed by atoms with E-state index in [1.807, 2.05) is 0 Å². The summed E-state index contributed by atoms with van der Waals surface area (Å²) in [7, 11) is 0. The van der Waals surface area contributed by atoms with Crippen molar-refractivity contribution in [2.45, 2.75) is 123 Å². The third-order valence-corrected chi connectivity index (χ3v) is 10.8. The van der Waals surface area contributed by atoms with Crippen LogP contribution in [0, 0.1) is 35.0 Å². The number of carboxylic acid groups (broad SMARTS) is 1. The zero-order valence-corrected chi connectivity index (χ0v) is 25.5. The molecular weight excluding hydrogens is 520 g/mol. The molecule has 1 unspecified atom stereocenters. The Morgan fingerprint density at radius 2 is 1.76 bits per heavy atom. The van der Waals surface area contributed by atoms with Crippen LogP contribution in [0.5, 0.6) is 0 Å². The Bertz CT molecular complexity index is 1040. The number of hydrogen-bond acceptors (Lipinski definition) is 6. The number of aliphatic carboxylic acids is 1. The summed E-state index contributed by atoms with van der Waals surface area (Å²) in [5.41, 5.74) is 3.99. The minimum Gasteiger partial charge on any atom is -0.479 e. The van der Waals surface area contributed by atoms with Crippen LogP contribution >= 0.6 is 0 Å². The fraction of sp³-hybridized carbons (Fsp3) is 0.735. The largest absolute Gasteiger partial charge is 0.479 e. The molecule has 4 aliphatic rings. The van der Waals surface area contributed by atoms with E-state index in [1.54, 1.807) is 0 Å². The van der Waals surface area contributed by atoms with Gasteiger partial charge in [-0.1, -0.05) is 76.6 Å². The molecule has 0 aromatic carbocycles. The van der Waals surface area contributed by atoms with Crippen LogP contribution in [0.15, 0.2) is 47.6 Å². The Labute approximate surface area is 246 Å². The summed E-state index contributed by atoms with van der Waals surface area (Å²) >= 11 is 0. The standard InChI is InChI=1S/C34H52O7/c1-19(2)20(3)9-10-22(5)26-15-16-27-23(8-7-17-34(26,27)6)12-13-24-18-25(14-11-21(24)4)40-33-30(37)28(35)29(36)31(41-33)32(38)39/h9-10,12-13,19-20,22,25-31,33,35-37H,4,7-8,11,14-18H2,1-3,5-6H3,(H,38,39)/b10-9+,23-12+,24-13+/t20-,22+,25-,26+,27?,28-,29-,30+,31-,33+,34+/m0/s1. The van der Waals surface area contributed by atoms with Crippen LogP contribution in [0.3, 0.4) is 0 Å². The van der Waals surface area contributed by atoms with E-state index in [4.69, 9.17) is 9.47 Å². The van der Waals surface area contributed by atoms with Crippen molar-refractivity contribution in [1.29, 1.82) is 0 Å². The molecule has 0 radical (unpaired) electrons. The lowest BCUT2D eigenvalue weighted by Gasteiger charge is -2.44. The van der Waals surface area contributed by atoms with E-state index < -0.39 is 36.7 Å². The van der Waals surface area contributed by atoms with E-state index in [1.165, 1.54) is 31.3 Å². The molecule has 0 spiro atoms. The van der Waals surface area contributed by atoms with Gasteiger partial charge in [-0.05, 0) is 91.9 Å². The first kappa shape index (κ1) is 32.2. The number of carbonyl (C=O) groups is 1. The van der Waals surface area contributed by atoms with Gasteiger partial charge < -0.3 is 29.9 Å². The van der Waals surface area contributed by atoms with Gasteiger partial charge in [-0.25, -0.2) is 4.79 Å². The second-order valence-corrected chi connectivity index (χ2v) is 13.7. The second kappa shape index (κ2) is 13.3. The van der Waals surface area contributed by atoms with Crippen molar-refractivity contribution in [3.05, 3.63) is 47.6 Å². The zero-order valence-electron chi connectivity index (χ0n) is 25.5. The number of ether oxygens (including phenoxy) is 2. The summed E-state index contributed by atoms with van der Waals surface area (Å²) in [6.07, 6.45) is 9.19. The molecule has 0 amide bonds. The normalized spacial score (nSPS) is 41.7. The molecule has 1 aliphatic heterocycles. The van der Waals surface area contributed by atoms with Crippen LogP contribution in [0.25, 0.3) is 0 Å². The number of aliphatic hydroxyl groups is 3. The Hall–Kier alpha value is -1.77. The fourth-order valence-electron chi connectivity index (χ4n) is 7.70. The second-order valence-electron chi connectivity index (χ2n) is 13.7. The predicted molar refractivity (Wildman–Crippen MR) is 159 cm³/mol. The average molecular weight is 573 g/mol. The number of fused-ring (bicyclic) bond motifs is 1. The quantitative estimate of drug-likeness (QED) is 0.282. The molecule has 4 rings (SSSR count). The van der Waals surface area contributed by atoms with Gasteiger partial charge in [-0.2, -0.15) is 0 Å². The Kier molecular flexibility index (Phi) is 10.4. The van der Waals surface area contributed by atoms with Crippen molar-refractivity contribution in [3.63, 3.8) is 0 Å². The first-order chi connectivity index (χ1) is 19.3. The van der Waals surface area contributed by atoms with Crippen LogP contribution in [-0.2, 0) is 14.3 Å². The molecule has 0 bridgehead atoms. The highest BCUT2D eigenvalue weighted by Crippen LogP contribution is 2.59. The molecule has 4 fully saturated rings. The van der Waals surface area contributed by atoms with Crippen LogP contribution in [-0.4, -0.2) is 63.2 Å². The zero-order chi connectivity index (χ0) is 30.1. The van der Waals surface area contributed by atoms with E-state index in [2.05, 4.69) is 65.5 Å². The van der Waals surface area contributed by atoms with E-state index in [9.17, 15) is 25.2 Å². The SMILES string of the molecule is C=C1CC[C@H](O[C@@H]2O[C@H](C(=O)O)[C@@H](O)[C@H](O)[C@H]2O)C/C1=C\C=C1/CCC[C@@]2(C)C1CC[C@@H]2[C@H](C)/C=C/[C@H](C)C(C)C. The Morgan fingerprint density at radius 1 is 1.02 bits per heavy atom. The van der Waals surface area contributed by atoms with Crippen molar-refractivity contribution < 1.29 is 34.7 Å². The maximum atomic E-state index is 11.5. The number of rotatable bonds is 8. The van der Waals surface area contributed by atoms with Crippen LogP contribution < -0.4 is 0 Å². The molecule has 41 heavy (non-hydrogen) atoms. The molecule has 3 aliphatic carbocycles. The van der Waals surface area contributed by atoms with Crippen molar-refractivity contribution >= 4 is 5.97 Å². The summed E-state index contributed by atoms with van der Waals surface area (Å²) < 4.78 is 11.3. The van der Waals surface area contributed by atoms with Crippen molar-refractivity contribution in [3.8, 4) is 0 Å². The van der Waals surface area contributed by atoms with Gasteiger partial charge >= 0.3 is 5.97 Å². The number of hydrogen-bond donors (Lipinski definition) is 4. The number of allylic oxidation sites excluding steroid dienone is 6. The van der Waals surface area contributed by atoms with Gasteiger partial charge in [-0.3, -0.25) is 0 Å². The summed E-state index contributed by atoms with van der Waals surface area (Å²) in [5, 5.41) is 39.8. The van der Waals surface area contributed by atoms with E-state index in [0.29, 0.717) is 47.8 Å². The van der Waals surface area contributed by atoms with Gasteiger partial charge in [0.05, 0.1) is 6.10 Å². The molecule has 0 aromatic heterocycles. The minimum absolute atomic E-state index is 0.309. The summed E-state index contributed by atoms with van der Waals surface area (Å²) in [5.74, 6) is 1.68. The lowest BCUT2D eigenvalue weighted by Crippen LogP contribution is -2.60. The molecule has 1 heterocycles. The topological polar surface area (TPSA) is 116 Å². The highest BCUT2D eigenvalue weighted by Gasteiger charge is 2.50. The van der Waals surface area contributed by atoms with Crippen molar-refractivity contribution in [2.24, 2.45) is 35.0 Å². The lowest BCUT2D eigenvalue weighted by atomic mass is 9.61. The average Bonchev–Trinajstić information content (AvgIpc) is 3.29. The molecule has 11 atom stereocenters. The number of carboxylic acids is 1. The number of aliphatic hydroxyl groups excluding tert-OH is 3. The maximum absolute atomic E-state index is 11.5. The molecule has 7 nitrogen and oxygen atoms in total. The molecule has 3 saturated carbocycles. The molecule has 1 saturated heterocycles. The first-order valence-corrected chi connectivity index (χ1v) is 15.7. The van der Waals surface area contributed by atoms with Gasteiger partial charge in [0.1, 0.15) is 18.3 Å². The summed E-state index contributed by atoms with van der Waals surface area (Å²) in [6.45, 7) is 16.1. The van der Waals surface area contributed by atoms with Crippen molar-refractivity contribution in [1.82, 2.24) is 0 Å². The van der Waals surface area contributed by atoms with Gasteiger partial charge in [0.25, 0.3) is 0 Å². The molecule has 230 valence electrons. The highest BCUT2D eigenvalue weighted by molar-refractivity contribution is 5.73. The van der Waals surface area contributed by atoms with Crippen LogP contribution in [0.4, 0.5) is 0 Å². The summed E-state index contributed by atoms with van der Waals surface area (Å²) in [6, 6.07) is 0. The minimum atomic E-state index is -1.73. The molecule has 7 heteroatoms. The van der Waals surface area contributed by atoms with Gasteiger partial charge in [0.15, 0.2) is 12.4 Å². The lowest BCUT2D eigenvalue weighted by molar-refractivity contribution is -0.304. The Balaban J connectivity index is 1.44. The van der Waals surface area contributed by atoms with Gasteiger partial charge in [0.2, 0.25) is 0 Å². The van der Waals surface area contributed by atoms with E-state index in [-0.39, 0.29) is 6.10 Å². The fourth-order valence-corrected chi connectivity index (χ4v) is 7.70. The Morgan fingerprint density at radius 3 is 2.44 bits per heavy atom. The molecule has 4 N–H and O–H groups in total. The predicted octanol–water partition coefficient (Wildman–Crippen LogP) is 5.56. The smallest absolute Gasteiger partial charge is 0.335 e. The monoisotopic (exact) mass is 572 g/mol. The third kappa shape index (κ3) is 6.91. The van der Waals surface area contributed by atoms with Crippen LogP contribution in [0.2, 0.25) is 0 Å². The first-order valence-electron chi connectivity index (χ1n) is 15.7. The van der Waals surface area contributed by atoms with E-state index in [0.717, 1.165) is 24.0 Å². The van der Waals surface area contributed by atoms with Gasteiger partial charge in [-0.15, -0.1) is 0 Å². The van der Waals surface area contributed by atoms with Crippen molar-refractivity contribution in [2.75, 3.05) is 0 Å².